The highest BCUT2D eigenvalue weighted by molar-refractivity contribution is 14.0. The third kappa shape index (κ3) is 9.51. The van der Waals surface area contributed by atoms with E-state index in [1.165, 1.54) is 0 Å². The van der Waals surface area contributed by atoms with E-state index in [1.807, 2.05) is 27.7 Å². The van der Waals surface area contributed by atoms with Crippen molar-refractivity contribution < 1.29 is 14.3 Å². The summed E-state index contributed by atoms with van der Waals surface area (Å²) in [5.41, 5.74) is -0.0710. The van der Waals surface area contributed by atoms with Crippen LogP contribution in [-0.2, 0) is 4.74 Å². The molecule has 2 amide bonds. The Morgan fingerprint density at radius 1 is 1.26 bits per heavy atom. The molecular weight excluding hydrogens is 533 g/mol. The number of carbonyl (C=O) groups excluding carboxylic acids is 2. The number of nitrogens with one attached hydrogen (secondary N) is 3. The maximum Gasteiger partial charge on any atom is 0.407 e. The molecular formula is C21H33ClIN5O3. The summed E-state index contributed by atoms with van der Waals surface area (Å²) >= 11 is 6.05. The molecule has 31 heavy (non-hydrogen) atoms. The molecule has 1 unspecified atom stereocenters. The normalized spacial score (nSPS) is 16.4. The molecule has 3 N–H and O–H groups in total. The van der Waals surface area contributed by atoms with Gasteiger partial charge in [-0.2, -0.15) is 0 Å². The minimum atomic E-state index is -0.521. The molecule has 1 atom stereocenters. The lowest BCUT2D eigenvalue weighted by molar-refractivity contribution is 0.0507. The van der Waals surface area contributed by atoms with Crippen LogP contribution in [0, 0.1) is 0 Å². The number of halogens is 2. The fraction of sp³-hybridized carbons (Fsp3) is 0.571. The molecule has 8 nitrogen and oxygen atoms in total. The van der Waals surface area contributed by atoms with E-state index in [0.717, 1.165) is 25.5 Å². The Balaban J connectivity index is 0.00000480. The maximum atomic E-state index is 12.2. The molecule has 0 aliphatic carbocycles. The van der Waals surface area contributed by atoms with Crippen LogP contribution in [0.1, 0.15) is 44.5 Å². The number of nitrogens with zero attached hydrogens (tertiary/aromatic N) is 2. The monoisotopic (exact) mass is 565 g/mol. The van der Waals surface area contributed by atoms with Crippen molar-refractivity contribution >= 4 is 53.5 Å². The number of hydrogen-bond acceptors (Lipinski definition) is 4. The van der Waals surface area contributed by atoms with Gasteiger partial charge in [0, 0.05) is 26.2 Å². The lowest BCUT2D eigenvalue weighted by atomic mass is 10.2. The van der Waals surface area contributed by atoms with Crippen molar-refractivity contribution in [2.24, 2.45) is 4.99 Å². The van der Waals surface area contributed by atoms with E-state index in [1.54, 1.807) is 24.3 Å². The van der Waals surface area contributed by atoms with Crippen molar-refractivity contribution in [3.8, 4) is 0 Å². The topological polar surface area (TPSA) is 95.1 Å². The molecule has 2 rings (SSSR count). The molecule has 0 aromatic heterocycles. The van der Waals surface area contributed by atoms with E-state index in [4.69, 9.17) is 16.3 Å². The van der Waals surface area contributed by atoms with Crippen molar-refractivity contribution in [1.82, 2.24) is 20.9 Å². The summed E-state index contributed by atoms with van der Waals surface area (Å²) in [6, 6.07) is 6.94. The highest BCUT2D eigenvalue weighted by Gasteiger charge is 2.27. The Bertz CT molecular complexity index is 770. The smallest absolute Gasteiger partial charge is 0.407 e. The average Bonchev–Trinajstić information content (AvgIpc) is 3.11. The van der Waals surface area contributed by atoms with Gasteiger partial charge in [-0.15, -0.1) is 24.0 Å². The summed E-state index contributed by atoms with van der Waals surface area (Å²) in [7, 11) is 0. The number of alkyl carbamates (subject to hydrolysis) is 1. The second kappa shape index (κ2) is 12.9. The summed E-state index contributed by atoms with van der Waals surface area (Å²) in [6.45, 7) is 10.5. The van der Waals surface area contributed by atoms with Gasteiger partial charge in [-0.3, -0.25) is 9.79 Å². The van der Waals surface area contributed by atoms with Gasteiger partial charge in [0.05, 0.1) is 23.2 Å². The molecule has 1 aromatic carbocycles. The molecule has 0 radical (unpaired) electrons. The second-order valence-corrected chi connectivity index (χ2v) is 8.46. The molecule has 0 bridgehead atoms. The summed E-state index contributed by atoms with van der Waals surface area (Å²) in [5.74, 6) is 0.543. The van der Waals surface area contributed by atoms with Crippen LogP contribution in [0.25, 0.3) is 0 Å². The van der Waals surface area contributed by atoms with E-state index in [2.05, 4.69) is 25.8 Å². The van der Waals surface area contributed by atoms with Gasteiger partial charge in [0.2, 0.25) is 0 Å². The Hall–Kier alpha value is -1.75. The van der Waals surface area contributed by atoms with Gasteiger partial charge in [0.15, 0.2) is 5.96 Å². The lowest BCUT2D eigenvalue weighted by Crippen LogP contribution is -2.44. The van der Waals surface area contributed by atoms with Crippen LogP contribution in [0.5, 0.6) is 0 Å². The maximum absolute atomic E-state index is 12.2. The first kappa shape index (κ1) is 27.3. The summed E-state index contributed by atoms with van der Waals surface area (Å²) < 4.78 is 5.33. The Morgan fingerprint density at radius 3 is 2.61 bits per heavy atom. The molecule has 1 aromatic rings. The van der Waals surface area contributed by atoms with E-state index >= 15 is 0 Å². The minimum Gasteiger partial charge on any atom is -0.444 e. The van der Waals surface area contributed by atoms with Crippen molar-refractivity contribution in [1.29, 1.82) is 0 Å². The first-order chi connectivity index (χ1) is 14.2. The van der Waals surface area contributed by atoms with Crippen LogP contribution in [0.2, 0.25) is 5.02 Å². The molecule has 1 heterocycles. The van der Waals surface area contributed by atoms with Crippen LogP contribution < -0.4 is 16.0 Å². The molecule has 1 aliphatic rings. The van der Waals surface area contributed by atoms with Gasteiger partial charge in [-0.25, -0.2) is 4.79 Å². The fourth-order valence-corrected chi connectivity index (χ4v) is 3.26. The van der Waals surface area contributed by atoms with E-state index < -0.39 is 11.7 Å². The average molecular weight is 566 g/mol. The zero-order valence-corrected chi connectivity index (χ0v) is 21.6. The number of amides is 2. The van der Waals surface area contributed by atoms with E-state index in [-0.39, 0.29) is 35.9 Å². The number of aliphatic imine (C=N–C) groups is 1. The van der Waals surface area contributed by atoms with Crippen molar-refractivity contribution in [3.05, 3.63) is 34.9 Å². The second-order valence-electron chi connectivity index (χ2n) is 8.05. The molecule has 1 saturated heterocycles. The minimum absolute atomic E-state index is 0. The molecule has 0 spiro atoms. The van der Waals surface area contributed by atoms with Crippen LogP contribution >= 0.6 is 35.6 Å². The predicted molar refractivity (Wildman–Crippen MR) is 135 cm³/mol. The molecule has 10 heteroatoms. The molecule has 1 fully saturated rings. The lowest BCUT2D eigenvalue weighted by Gasteiger charge is -2.23. The van der Waals surface area contributed by atoms with Crippen LogP contribution in [-0.4, -0.2) is 67.2 Å². The first-order valence-corrected chi connectivity index (χ1v) is 10.6. The Labute approximate surface area is 206 Å². The van der Waals surface area contributed by atoms with Gasteiger partial charge >= 0.3 is 6.09 Å². The highest BCUT2D eigenvalue weighted by atomic mass is 127. The Kier molecular flexibility index (Phi) is 11.4. The van der Waals surface area contributed by atoms with Gasteiger partial charge in [-0.1, -0.05) is 23.7 Å². The first-order valence-electron chi connectivity index (χ1n) is 10.2. The zero-order valence-electron chi connectivity index (χ0n) is 18.5. The molecule has 1 aliphatic heterocycles. The summed E-state index contributed by atoms with van der Waals surface area (Å²) in [6.07, 6.45) is 0.408. The van der Waals surface area contributed by atoms with Crippen LogP contribution in [0.4, 0.5) is 4.79 Å². The standard InChI is InChI=1S/C21H32ClN5O3.HI/c1-5-23-19(25-12-11-24-18(28)16-8-6-7-9-17(16)22)27-13-10-15(14-27)26-20(29)30-21(2,3)4;/h6-9,15H,5,10-14H2,1-4H3,(H,23,25)(H,24,28)(H,26,29);1H. The van der Waals surface area contributed by atoms with Crippen molar-refractivity contribution in [2.45, 2.75) is 45.8 Å². The third-order valence-electron chi connectivity index (χ3n) is 4.32. The highest BCUT2D eigenvalue weighted by Crippen LogP contribution is 2.14. The van der Waals surface area contributed by atoms with Gasteiger partial charge in [0.1, 0.15) is 5.60 Å². The largest absolute Gasteiger partial charge is 0.444 e. The molecule has 174 valence electrons. The number of benzene rings is 1. The zero-order chi connectivity index (χ0) is 22.1. The number of rotatable bonds is 6. The van der Waals surface area contributed by atoms with Crippen molar-refractivity contribution in [2.75, 3.05) is 32.7 Å². The van der Waals surface area contributed by atoms with Gasteiger partial charge in [-0.05, 0) is 46.2 Å². The number of carbonyl (C=O) groups is 2. The van der Waals surface area contributed by atoms with Crippen LogP contribution in [0.3, 0.4) is 0 Å². The van der Waals surface area contributed by atoms with Gasteiger partial charge < -0.3 is 25.6 Å². The quantitative estimate of drug-likeness (QED) is 0.213. The van der Waals surface area contributed by atoms with E-state index in [9.17, 15) is 9.59 Å². The van der Waals surface area contributed by atoms with Gasteiger partial charge in [0.25, 0.3) is 5.91 Å². The summed E-state index contributed by atoms with van der Waals surface area (Å²) in [5, 5.41) is 9.43. The van der Waals surface area contributed by atoms with E-state index in [0.29, 0.717) is 30.2 Å². The number of guanidine groups is 1. The Morgan fingerprint density at radius 2 is 1.97 bits per heavy atom. The summed E-state index contributed by atoms with van der Waals surface area (Å²) in [4.78, 5) is 30.9. The third-order valence-corrected chi connectivity index (χ3v) is 4.65. The molecule has 0 saturated carbocycles. The number of ether oxygens (including phenoxy) is 1. The number of hydrogen-bond donors (Lipinski definition) is 3. The number of likely N-dealkylation sites (tertiary alicyclic amines) is 1. The van der Waals surface area contributed by atoms with Crippen molar-refractivity contribution in [3.63, 3.8) is 0 Å². The van der Waals surface area contributed by atoms with Crippen LogP contribution in [0.15, 0.2) is 29.3 Å². The SMILES string of the molecule is CCNC(=NCCNC(=O)c1ccccc1Cl)N1CCC(NC(=O)OC(C)(C)C)C1.I. The predicted octanol–water partition coefficient (Wildman–Crippen LogP) is 3.25. The fourth-order valence-electron chi connectivity index (χ4n) is 3.04.